The summed E-state index contributed by atoms with van der Waals surface area (Å²) in [5, 5.41) is 1.99. The fraction of sp³-hybridized carbons (Fsp3) is 0.500. The van der Waals surface area contributed by atoms with Crippen LogP contribution in [0.2, 0.25) is 0 Å². The molecule has 2 amide bonds. The first kappa shape index (κ1) is 17.3. The van der Waals surface area contributed by atoms with Crippen molar-refractivity contribution in [3.63, 3.8) is 0 Å². The van der Waals surface area contributed by atoms with Gasteiger partial charge >= 0.3 is 0 Å². The molecule has 0 radical (unpaired) electrons. The molecule has 0 unspecified atom stereocenters. The van der Waals surface area contributed by atoms with Gasteiger partial charge in [0, 0.05) is 35.9 Å². The Morgan fingerprint density at radius 2 is 1.81 bits per heavy atom. The molecule has 2 aromatic heterocycles. The average molecular weight is 372 g/mol. The lowest BCUT2D eigenvalue weighted by molar-refractivity contribution is -0.141. The van der Waals surface area contributed by atoms with Crippen molar-refractivity contribution < 1.29 is 9.59 Å². The molecule has 0 N–H and O–H groups in total. The molecular weight excluding hydrogens is 346 g/mol. The Morgan fingerprint density at radius 1 is 1.08 bits per heavy atom. The predicted molar refractivity (Wildman–Crippen MR) is 102 cm³/mol. The van der Waals surface area contributed by atoms with Crippen molar-refractivity contribution >= 4 is 23.2 Å². The van der Waals surface area contributed by atoms with E-state index >= 15 is 0 Å². The van der Waals surface area contributed by atoms with E-state index in [9.17, 15) is 9.59 Å². The van der Waals surface area contributed by atoms with Crippen LogP contribution in [0.4, 0.5) is 0 Å². The normalized spacial score (nSPS) is 16.5. The van der Waals surface area contributed by atoms with E-state index in [2.05, 4.69) is 10.6 Å². The summed E-state index contributed by atoms with van der Waals surface area (Å²) in [5.41, 5.74) is 1.13. The van der Waals surface area contributed by atoms with Gasteiger partial charge in [0.1, 0.15) is 6.54 Å². The first-order valence-electron chi connectivity index (χ1n) is 9.33. The molecule has 0 aromatic carbocycles. The van der Waals surface area contributed by atoms with Crippen molar-refractivity contribution in [2.45, 2.75) is 50.7 Å². The number of amides is 2. The molecular formula is C20H25N3O2S. The van der Waals surface area contributed by atoms with E-state index in [4.69, 9.17) is 0 Å². The first-order chi connectivity index (χ1) is 12.6. The molecule has 2 aliphatic rings. The fourth-order valence-electron chi connectivity index (χ4n) is 3.35. The molecule has 26 heavy (non-hydrogen) atoms. The van der Waals surface area contributed by atoms with E-state index < -0.39 is 0 Å². The van der Waals surface area contributed by atoms with Crippen molar-refractivity contribution in [3.8, 4) is 0 Å². The lowest BCUT2D eigenvalue weighted by atomic mass is 10.2. The zero-order valence-corrected chi connectivity index (χ0v) is 16.0. The van der Waals surface area contributed by atoms with Crippen molar-refractivity contribution in [1.29, 1.82) is 0 Å². The van der Waals surface area contributed by atoms with Gasteiger partial charge in [0.25, 0.3) is 0 Å². The predicted octanol–water partition coefficient (Wildman–Crippen LogP) is 2.81. The lowest BCUT2D eigenvalue weighted by Gasteiger charge is -2.28. The molecule has 0 aliphatic heterocycles. The average Bonchev–Trinajstić information content (AvgIpc) is 3.54. The fourth-order valence-corrected chi connectivity index (χ4v) is 4.05. The number of aryl methyl sites for hydroxylation is 1. The number of hydrogen-bond donors (Lipinski definition) is 0. The van der Waals surface area contributed by atoms with Gasteiger partial charge in [-0.15, -0.1) is 11.3 Å². The van der Waals surface area contributed by atoms with Crippen LogP contribution < -0.4 is 0 Å². The second-order valence-electron chi connectivity index (χ2n) is 7.37. The summed E-state index contributed by atoms with van der Waals surface area (Å²) in [7, 11) is 2.01. The Kier molecular flexibility index (Phi) is 4.85. The van der Waals surface area contributed by atoms with Gasteiger partial charge in [-0.1, -0.05) is 6.07 Å². The molecule has 138 valence electrons. The highest BCUT2D eigenvalue weighted by Crippen LogP contribution is 2.31. The largest absolute Gasteiger partial charge is 0.353 e. The maximum Gasteiger partial charge on any atom is 0.242 e. The van der Waals surface area contributed by atoms with Gasteiger partial charge in [-0.3, -0.25) is 9.59 Å². The Morgan fingerprint density at radius 3 is 2.38 bits per heavy atom. The number of nitrogens with zero attached hydrogens (tertiary/aromatic N) is 3. The standard InChI is InChI=1S/C20H25N3O2S/c1-21-10-2-4-17(21)13-22(15-6-7-15)20(25)14-23(16-8-9-16)19(24)12-18-5-3-11-26-18/h2-5,10-11,15-16H,6-9,12-14H2,1H3. The van der Waals surface area contributed by atoms with Gasteiger partial charge in [-0.2, -0.15) is 0 Å². The molecule has 0 spiro atoms. The topological polar surface area (TPSA) is 45.6 Å². The molecule has 2 saturated carbocycles. The van der Waals surface area contributed by atoms with Crippen LogP contribution in [0.15, 0.2) is 35.8 Å². The smallest absolute Gasteiger partial charge is 0.242 e. The van der Waals surface area contributed by atoms with Crippen molar-refractivity contribution in [2.75, 3.05) is 6.54 Å². The lowest BCUT2D eigenvalue weighted by Crippen LogP contribution is -2.45. The van der Waals surface area contributed by atoms with Gasteiger partial charge in [-0.25, -0.2) is 0 Å². The van der Waals surface area contributed by atoms with E-state index in [1.54, 1.807) is 11.3 Å². The number of aromatic nitrogens is 1. The van der Waals surface area contributed by atoms with E-state index in [0.29, 0.717) is 19.0 Å². The van der Waals surface area contributed by atoms with Gasteiger partial charge in [0.05, 0.1) is 13.0 Å². The molecule has 4 rings (SSSR count). The van der Waals surface area contributed by atoms with E-state index in [-0.39, 0.29) is 24.4 Å². The minimum Gasteiger partial charge on any atom is -0.353 e. The van der Waals surface area contributed by atoms with Crippen molar-refractivity contribution in [3.05, 3.63) is 46.4 Å². The summed E-state index contributed by atoms with van der Waals surface area (Å²) in [5.74, 6) is 0.165. The minimum absolute atomic E-state index is 0.0814. The zero-order chi connectivity index (χ0) is 18.1. The summed E-state index contributed by atoms with van der Waals surface area (Å²) in [6.07, 6.45) is 6.59. The Balaban J connectivity index is 1.43. The van der Waals surface area contributed by atoms with Gasteiger partial charge in [0.2, 0.25) is 11.8 Å². The summed E-state index contributed by atoms with van der Waals surface area (Å²) in [4.78, 5) is 30.7. The van der Waals surface area contributed by atoms with Crippen LogP contribution in [0.3, 0.4) is 0 Å². The molecule has 2 aromatic rings. The van der Waals surface area contributed by atoms with Crippen LogP contribution in [0.1, 0.15) is 36.3 Å². The zero-order valence-electron chi connectivity index (χ0n) is 15.1. The van der Waals surface area contributed by atoms with Crippen LogP contribution in [0, 0.1) is 0 Å². The number of rotatable bonds is 8. The summed E-state index contributed by atoms with van der Waals surface area (Å²) in [6, 6.07) is 8.61. The molecule has 0 bridgehead atoms. The minimum atomic E-state index is 0.0814. The second kappa shape index (κ2) is 7.27. The van der Waals surface area contributed by atoms with Gasteiger partial charge in [0.15, 0.2) is 0 Å². The monoisotopic (exact) mass is 371 g/mol. The Hall–Kier alpha value is -2.08. The third-order valence-corrected chi connectivity index (χ3v) is 6.09. The van der Waals surface area contributed by atoms with Crippen molar-refractivity contribution in [1.82, 2.24) is 14.4 Å². The summed E-state index contributed by atoms with van der Waals surface area (Å²) in [6.45, 7) is 0.848. The Bertz CT molecular complexity index is 775. The third-order valence-electron chi connectivity index (χ3n) is 5.21. The molecule has 5 nitrogen and oxygen atoms in total. The third kappa shape index (κ3) is 4.01. The van der Waals surface area contributed by atoms with Crippen molar-refractivity contribution in [2.24, 2.45) is 7.05 Å². The van der Waals surface area contributed by atoms with E-state index in [1.165, 1.54) is 0 Å². The van der Waals surface area contributed by atoms with Crippen LogP contribution >= 0.6 is 11.3 Å². The molecule has 2 heterocycles. The number of carbonyl (C=O) groups excluding carboxylic acids is 2. The number of carbonyl (C=O) groups is 2. The second-order valence-corrected chi connectivity index (χ2v) is 8.40. The number of thiophene rings is 1. The van der Waals surface area contributed by atoms with E-state index in [0.717, 1.165) is 36.3 Å². The molecule has 0 atom stereocenters. The maximum absolute atomic E-state index is 13.0. The van der Waals surface area contributed by atoms with Gasteiger partial charge in [-0.05, 0) is 49.3 Å². The SMILES string of the molecule is Cn1cccc1CN(C(=O)CN(C(=O)Cc1cccs1)C1CC1)C1CC1. The Labute approximate surface area is 158 Å². The van der Waals surface area contributed by atoms with E-state index in [1.807, 2.05) is 46.6 Å². The molecule has 0 saturated heterocycles. The quantitative estimate of drug-likeness (QED) is 0.716. The number of hydrogen-bond acceptors (Lipinski definition) is 3. The van der Waals surface area contributed by atoms with Crippen LogP contribution in [-0.2, 0) is 29.6 Å². The van der Waals surface area contributed by atoms with Gasteiger partial charge < -0.3 is 14.4 Å². The molecule has 6 heteroatoms. The highest BCUT2D eigenvalue weighted by Gasteiger charge is 2.38. The summed E-state index contributed by atoms with van der Waals surface area (Å²) < 4.78 is 2.06. The molecule has 2 fully saturated rings. The maximum atomic E-state index is 13.0. The highest BCUT2D eigenvalue weighted by molar-refractivity contribution is 7.10. The van der Waals surface area contributed by atoms with Crippen LogP contribution in [-0.4, -0.2) is 44.8 Å². The first-order valence-corrected chi connectivity index (χ1v) is 10.2. The highest BCUT2D eigenvalue weighted by atomic mass is 32.1. The van der Waals surface area contributed by atoms with Crippen LogP contribution in [0.25, 0.3) is 0 Å². The summed E-state index contributed by atoms with van der Waals surface area (Å²) >= 11 is 1.60. The van der Waals surface area contributed by atoms with Crippen LogP contribution in [0.5, 0.6) is 0 Å². The molecule has 2 aliphatic carbocycles.